The molecule has 3 aromatic rings. The number of aldehydes is 1. The zero-order valence-corrected chi connectivity index (χ0v) is 14.9. The van der Waals surface area contributed by atoms with E-state index in [2.05, 4.69) is 18.2 Å². The zero-order valence-electron chi connectivity index (χ0n) is 14.1. The molecule has 0 saturated heterocycles. The monoisotopic (exact) mass is 356 g/mol. The van der Waals surface area contributed by atoms with E-state index in [1.165, 1.54) is 15.0 Å². The maximum Gasteiger partial charge on any atom is 0.150 e. The van der Waals surface area contributed by atoms with Crippen LogP contribution >= 0.6 is 11.3 Å². The van der Waals surface area contributed by atoms with E-state index in [9.17, 15) is 4.79 Å². The average Bonchev–Trinajstić information content (AvgIpc) is 3.04. The third-order valence-electron chi connectivity index (χ3n) is 3.75. The number of hydrogen-bond donors (Lipinski definition) is 0. The Balaban J connectivity index is 1.76. The van der Waals surface area contributed by atoms with Crippen LogP contribution in [0.2, 0.25) is 0 Å². The number of benzene rings is 2. The van der Waals surface area contributed by atoms with E-state index in [1.54, 1.807) is 24.5 Å². The van der Waals surface area contributed by atoms with E-state index in [0.29, 0.717) is 18.8 Å². The molecule has 0 unspecified atom stereocenters. The van der Waals surface area contributed by atoms with Crippen molar-refractivity contribution in [3.63, 3.8) is 0 Å². The van der Waals surface area contributed by atoms with Crippen LogP contribution in [0.15, 0.2) is 48.5 Å². The molecule has 0 atom stereocenters. The van der Waals surface area contributed by atoms with E-state index in [0.717, 1.165) is 24.0 Å². The van der Waals surface area contributed by atoms with Crippen LogP contribution in [0.1, 0.15) is 20.8 Å². The van der Waals surface area contributed by atoms with Crippen LogP contribution in [0.4, 0.5) is 0 Å². The summed E-state index contributed by atoms with van der Waals surface area (Å²) >= 11 is 1.76. The van der Waals surface area contributed by atoms with E-state index >= 15 is 0 Å². The number of methoxy groups -OCH3 is 1. The second-order valence-corrected chi connectivity index (χ2v) is 6.74. The maximum absolute atomic E-state index is 11.1. The third-order valence-corrected chi connectivity index (χ3v) is 4.86. The first-order chi connectivity index (χ1) is 12.3. The molecule has 0 aliphatic rings. The van der Waals surface area contributed by atoms with Crippen molar-refractivity contribution in [1.82, 2.24) is 0 Å². The lowest BCUT2D eigenvalue weighted by molar-refractivity contribution is -0.0388. The molecule has 0 radical (unpaired) electrons. The van der Waals surface area contributed by atoms with E-state index in [-0.39, 0.29) is 6.79 Å². The normalized spacial score (nSPS) is 10.9. The number of rotatable bonds is 9. The lowest BCUT2D eigenvalue weighted by atomic mass is 10.1. The summed E-state index contributed by atoms with van der Waals surface area (Å²) in [6.45, 7) is 1.14. The highest BCUT2D eigenvalue weighted by Crippen LogP contribution is 2.30. The van der Waals surface area contributed by atoms with Crippen LogP contribution in [0, 0.1) is 0 Å². The van der Waals surface area contributed by atoms with Crippen LogP contribution in [0.25, 0.3) is 10.1 Å². The van der Waals surface area contributed by atoms with Gasteiger partial charge in [-0.25, -0.2) is 0 Å². The summed E-state index contributed by atoms with van der Waals surface area (Å²) in [5, 5.41) is 1.24. The largest absolute Gasteiger partial charge is 0.491 e. The van der Waals surface area contributed by atoms with Gasteiger partial charge in [0, 0.05) is 34.2 Å². The molecule has 25 heavy (non-hydrogen) atoms. The third kappa shape index (κ3) is 4.66. The van der Waals surface area contributed by atoms with Gasteiger partial charge in [0.15, 0.2) is 0 Å². The zero-order chi connectivity index (χ0) is 17.5. The minimum Gasteiger partial charge on any atom is -0.491 e. The predicted molar refractivity (Wildman–Crippen MR) is 99.8 cm³/mol. The van der Waals surface area contributed by atoms with Gasteiger partial charge >= 0.3 is 0 Å². The number of carbonyl (C=O) groups is 1. The molecule has 2 aromatic carbocycles. The van der Waals surface area contributed by atoms with Gasteiger partial charge in [0.05, 0.1) is 6.61 Å². The van der Waals surface area contributed by atoms with Crippen molar-refractivity contribution < 1.29 is 19.0 Å². The molecule has 0 amide bonds. The van der Waals surface area contributed by atoms with Gasteiger partial charge in [0.1, 0.15) is 25.4 Å². The molecule has 0 spiro atoms. The van der Waals surface area contributed by atoms with E-state index in [1.807, 2.05) is 24.3 Å². The molecule has 0 aliphatic carbocycles. The van der Waals surface area contributed by atoms with Gasteiger partial charge < -0.3 is 14.2 Å². The molecule has 0 aliphatic heterocycles. The van der Waals surface area contributed by atoms with Gasteiger partial charge in [-0.3, -0.25) is 4.79 Å². The fraction of sp³-hybridized carbons (Fsp3) is 0.250. The summed E-state index contributed by atoms with van der Waals surface area (Å²) in [5.74, 6) is 0.782. The molecule has 3 rings (SSSR count). The molecular weight excluding hydrogens is 336 g/mol. The molecule has 1 heterocycles. The summed E-state index contributed by atoms with van der Waals surface area (Å²) in [6, 6.07) is 16.0. The lowest BCUT2D eigenvalue weighted by Crippen LogP contribution is -2.09. The van der Waals surface area contributed by atoms with Crippen LogP contribution < -0.4 is 4.74 Å². The van der Waals surface area contributed by atoms with Gasteiger partial charge in [-0.15, -0.1) is 11.3 Å². The maximum atomic E-state index is 11.1. The highest BCUT2D eigenvalue weighted by Gasteiger charge is 2.09. The Bertz CT molecular complexity index is 808. The highest BCUT2D eigenvalue weighted by atomic mass is 32.1. The van der Waals surface area contributed by atoms with Crippen LogP contribution in [0.5, 0.6) is 5.75 Å². The SMILES string of the molecule is COCOCCOc1ccc(C=O)cc1Cc1cc2ccccc2s1. The Morgan fingerprint density at radius 1 is 1.08 bits per heavy atom. The molecule has 0 fully saturated rings. The van der Waals surface area contributed by atoms with E-state index < -0.39 is 0 Å². The Labute approximate surface area is 151 Å². The fourth-order valence-electron chi connectivity index (χ4n) is 2.62. The first-order valence-corrected chi connectivity index (χ1v) is 8.87. The quantitative estimate of drug-likeness (QED) is 0.326. The summed E-state index contributed by atoms with van der Waals surface area (Å²) < 4.78 is 17.2. The van der Waals surface area contributed by atoms with Gasteiger partial charge in [-0.2, -0.15) is 0 Å². The van der Waals surface area contributed by atoms with Crippen molar-refractivity contribution in [2.24, 2.45) is 0 Å². The molecule has 1 aromatic heterocycles. The lowest BCUT2D eigenvalue weighted by Gasteiger charge is -2.12. The summed E-state index contributed by atoms with van der Waals surface area (Å²) in [4.78, 5) is 12.4. The molecule has 130 valence electrons. The Kier molecular flexibility index (Phi) is 6.17. The van der Waals surface area contributed by atoms with E-state index in [4.69, 9.17) is 14.2 Å². The number of ether oxygens (including phenoxy) is 3. The summed E-state index contributed by atoms with van der Waals surface area (Å²) in [7, 11) is 1.59. The second kappa shape index (κ2) is 8.76. The van der Waals surface area contributed by atoms with Gasteiger partial charge in [-0.05, 0) is 35.7 Å². The fourth-order valence-corrected chi connectivity index (χ4v) is 3.70. The predicted octanol–water partition coefficient (Wildman–Crippen LogP) is 4.30. The molecular formula is C20H20O4S. The van der Waals surface area contributed by atoms with Crippen LogP contribution in [-0.2, 0) is 15.9 Å². The molecule has 0 N–H and O–H groups in total. The molecule has 5 heteroatoms. The van der Waals surface area contributed by atoms with Crippen molar-refractivity contribution in [3.05, 3.63) is 64.5 Å². The smallest absolute Gasteiger partial charge is 0.150 e. The van der Waals surface area contributed by atoms with Crippen molar-refractivity contribution in [2.45, 2.75) is 6.42 Å². The minimum atomic E-state index is 0.252. The first-order valence-electron chi connectivity index (χ1n) is 8.05. The standard InChI is InChI=1S/C20H20O4S/c1-22-14-23-8-9-24-19-7-6-15(13-21)10-17(19)12-18-11-16-4-2-3-5-20(16)25-18/h2-7,10-11,13H,8-9,12,14H2,1H3. The number of hydrogen-bond acceptors (Lipinski definition) is 5. The molecule has 4 nitrogen and oxygen atoms in total. The van der Waals surface area contributed by atoms with Crippen LogP contribution in [-0.4, -0.2) is 33.4 Å². The highest BCUT2D eigenvalue weighted by molar-refractivity contribution is 7.19. The summed E-state index contributed by atoms with van der Waals surface area (Å²) in [6.07, 6.45) is 1.59. The van der Waals surface area contributed by atoms with Gasteiger partial charge in [0.25, 0.3) is 0 Å². The van der Waals surface area contributed by atoms with Crippen molar-refractivity contribution in [2.75, 3.05) is 27.1 Å². The number of carbonyl (C=O) groups excluding carboxylic acids is 1. The minimum absolute atomic E-state index is 0.252. The van der Waals surface area contributed by atoms with Gasteiger partial charge in [-0.1, -0.05) is 18.2 Å². The second-order valence-electron chi connectivity index (χ2n) is 5.58. The Morgan fingerprint density at radius 3 is 2.76 bits per heavy atom. The van der Waals surface area contributed by atoms with Crippen LogP contribution in [0.3, 0.4) is 0 Å². The van der Waals surface area contributed by atoms with Crippen molar-refractivity contribution in [1.29, 1.82) is 0 Å². The van der Waals surface area contributed by atoms with Gasteiger partial charge in [0.2, 0.25) is 0 Å². The number of thiophene rings is 1. The Morgan fingerprint density at radius 2 is 1.96 bits per heavy atom. The van der Waals surface area contributed by atoms with Crippen molar-refractivity contribution in [3.8, 4) is 5.75 Å². The molecule has 0 saturated carbocycles. The Hall–Kier alpha value is -2.21. The molecule has 0 bridgehead atoms. The number of fused-ring (bicyclic) bond motifs is 1. The topological polar surface area (TPSA) is 44.8 Å². The average molecular weight is 356 g/mol. The summed E-state index contributed by atoms with van der Waals surface area (Å²) in [5.41, 5.74) is 1.65. The van der Waals surface area contributed by atoms with Crippen molar-refractivity contribution >= 4 is 27.7 Å². The first kappa shape index (κ1) is 17.6.